The summed E-state index contributed by atoms with van der Waals surface area (Å²) in [6, 6.07) is 8.74. The largest absolute Gasteiger partial charge is 0.618 e. The molecule has 4 aromatic rings. The van der Waals surface area contributed by atoms with Gasteiger partial charge in [0.25, 0.3) is 0 Å². The van der Waals surface area contributed by atoms with Crippen molar-refractivity contribution in [3.63, 3.8) is 0 Å². The number of nitrogens with zero attached hydrogens (tertiary/aromatic N) is 6. The molecule has 12 heteroatoms. The number of carbonyl (C=O) groups is 1. The van der Waals surface area contributed by atoms with Crippen molar-refractivity contribution in [1.29, 1.82) is 0 Å². The molecule has 1 aromatic carbocycles. The van der Waals surface area contributed by atoms with Gasteiger partial charge in [0.2, 0.25) is 5.69 Å². The molecule has 6 rings (SSSR count). The van der Waals surface area contributed by atoms with E-state index in [4.69, 9.17) is 11.6 Å². The molecule has 1 aliphatic heterocycles. The van der Waals surface area contributed by atoms with Crippen LogP contribution in [-0.4, -0.2) is 42.1 Å². The molecule has 0 spiro atoms. The number of fused-ring (bicyclic) bond motifs is 1. The van der Waals surface area contributed by atoms with Crippen molar-refractivity contribution in [2.45, 2.75) is 31.8 Å². The molecular weight excluding hydrogens is 516 g/mol. The third-order valence-corrected chi connectivity index (χ3v) is 8.00. The van der Waals surface area contributed by atoms with E-state index in [-0.39, 0.29) is 10.6 Å². The number of carboxylic acid groups (broad SMARTS) is 1. The summed E-state index contributed by atoms with van der Waals surface area (Å²) in [4.78, 5) is 16.2. The fourth-order valence-corrected chi connectivity index (χ4v) is 6.03. The first kappa shape index (κ1) is 23.5. The number of aromatic nitrogens is 5. The Kier molecular flexibility index (Phi) is 5.44. The summed E-state index contributed by atoms with van der Waals surface area (Å²) in [5, 5.41) is 48.1. The molecule has 186 valence electrons. The highest BCUT2D eigenvalue weighted by atomic mass is 35.5. The number of rotatable bonds is 5. The lowest BCUT2D eigenvalue weighted by molar-refractivity contribution is -0.619. The van der Waals surface area contributed by atoms with E-state index in [2.05, 4.69) is 20.5 Å². The second-order valence-electron chi connectivity index (χ2n) is 9.01. The van der Waals surface area contributed by atoms with Gasteiger partial charge in [-0.2, -0.15) is 9.41 Å². The fraction of sp³-hybridized carbons (Fsp3) is 0.200. The van der Waals surface area contributed by atoms with Gasteiger partial charge >= 0.3 is 5.97 Å². The molecule has 0 saturated carbocycles. The number of tetrazole rings is 1. The number of aliphatic hydroxyl groups is 1. The van der Waals surface area contributed by atoms with Gasteiger partial charge in [-0.1, -0.05) is 11.6 Å². The van der Waals surface area contributed by atoms with Gasteiger partial charge in [-0.25, -0.2) is 4.79 Å². The Morgan fingerprint density at radius 1 is 1.27 bits per heavy atom. The number of aliphatic imine (C=N–C) groups is 1. The average molecular weight is 535 g/mol. The zero-order valence-corrected chi connectivity index (χ0v) is 21.0. The van der Waals surface area contributed by atoms with Crippen LogP contribution in [-0.2, 0) is 12.0 Å². The van der Waals surface area contributed by atoms with Crippen LogP contribution in [0.2, 0.25) is 5.02 Å². The third-order valence-electron chi connectivity index (χ3n) is 6.84. The summed E-state index contributed by atoms with van der Waals surface area (Å²) < 4.78 is 2.21. The first-order chi connectivity index (χ1) is 17.7. The Morgan fingerprint density at radius 3 is 2.84 bits per heavy atom. The van der Waals surface area contributed by atoms with Gasteiger partial charge in [0.15, 0.2) is 11.8 Å². The number of aromatic carboxylic acids is 1. The molecule has 4 heterocycles. The highest BCUT2D eigenvalue weighted by molar-refractivity contribution is 7.12. The van der Waals surface area contributed by atoms with Crippen molar-refractivity contribution in [2.75, 3.05) is 0 Å². The number of aryl methyl sites for hydroxylation is 1. The summed E-state index contributed by atoms with van der Waals surface area (Å²) in [5.41, 5.74) is 4.19. The molecule has 0 saturated heterocycles. The minimum absolute atomic E-state index is 0.237. The molecule has 1 atom stereocenters. The van der Waals surface area contributed by atoms with Crippen LogP contribution < -0.4 is 4.73 Å². The van der Waals surface area contributed by atoms with E-state index in [1.165, 1.54) is 17.2 Å². The van der Waals surface area contributed by atoms with Gasteiger partial charge in [0.1, 0.15) is 11.2 Å². The number of hydrogen-bond acceptors (Lipinski definition) is 8. The molecule has 0 radical (unpaired) electrons. The topological polar surface area (TPSA) is 140 Å². The van der Waals surface area contributed by atoms with E-state index in [1.54, 1.807) is 29.6 Å². The van der Waals surface area contributed by atoms with Gasteiger partial charge < -0.3 is 15.4 Å². The summed E-state index contributed by atoms with van der Waals surface area (Å²) in [6.45, 7) is 1.83. The lowest BCUT2D eigenvalue weighted by Gasteiger charge is -2.23. The lowest BCUT2D eigenvalue weighted by Crippen LogP contribution is -2.45. The second-order valence-corrected chi connectivity index (χ2v) is 10.4. The van der Waals surface area contributed by atoms with Gasteiger partial charge in [-0.15, -0.1) is 16.4 Å². The zero-order valence-electron chi connectivity index (χ0n) is 19.4. The zero-order chi connectivity index (χ0) is 25.9. The molecule has 37 heavy (non-hydrogen) atoms. The van der Waals surface area contributed by atoms with Gasteiger partial charge in [-0.05, 0) is 77.0 Å². The Bertz CT molecular complexity index is 1640. The Balaban J connectivity index is 1.36. The molecule has 0 bridgehead atoms. The van der Waals surface area contributed by atoms with E-state index >= 15 is 0 Å². The van der Waals surface area contributed by atoms with Gasteiger partial charge in [-0.3, -0.25) is 4.99 Å². The van der Waals surface area contributed by atoms with Crippen molar-refractivity contribution in [2.24, 2.45) is 4.99 Å². The molecule has 3 aromatic heterocycles. The van der Waals surface area contributed by atoms with Crippen LogP contribution in [0.4, 0.5) is 0 Å². The number of hydrogen-bond donors (Lipinski definition) is 2. The van der Waals surface area contributed by atoms with Crippen LogP contribution in [0, 0.1) is 5.21 Å². The third kappa shape index (κ3) is 3.82. The van der Waals surface area contributed by atoms with Crippen LogP contribution in [0.3, 0.4) is 0 Å². The van der Waals surface area contributed by atoms with E-state index in [0.29, 0.717) is 57.2 Å². The highest BCUT2D eigenvalue weighted by Gasteiger charge is 2.49. The number of thiophene rings is 1. The maximum Gasteiger partial charge on any atom is 0.345 e. The Morgan fingerprint density at radius 2 is 2.11 bits per heavy atom. The molecule has 1 unspecified atom stereocenters. The number of benzene rings is 1. The van der Waals surface area contributed by atoms with Crippen molar-refractivity contribution in [3.8, 4) is 16.8 Å². The normalized spacial score (nSPS) is 18.8. The van der Waals surface area contributed by atoms with Crippen LogP contribution >= 0.6 is 22.9 Å². The predicted molar refractivity (Wildman–Crippen MR) is 137 cm³/mol. The van der Waals surface area contributed by atoms with E-state index in [9.17, 15) is 20.2 Å². The summed E-state index contributed by atoms with van der Waals surface area (Å²) in [7, 11) is 0. The number of halogens is 1. The second kappa shape index (κ2) is 8.58. The SMILES string of the molecule is CC1=C(c2csc(C(=O)O)c2)CC(C2(O)CCc3cc(-c4cc(Cl)ccc4-n4cnnn4)c[n+]([O-])c32)=N1. The first-order valence-corrected chi connectivity index (χ1v) is 12.6. The minimum Gasteiger partial charge on any atom is -0.618 e. The summed E-state index contributed by atoms with van der Waals surface area (Å²) in [5.74, 6) is -0.983. The van der Waals surface area contributed by atoms with E-state index < -0.39 is 11.6 Å². The fourth-order valence-electron chi connectivity index (χ4n) is 5.10. The van der Waals surface area contributed by atoms with E-state index in [1.807, 2.05) is 13.0 Å². The lowest BCUT2D eigenvalue weighted by atomic mass is 9.89. The summed E-state index contributed by atoms with van der Waals surface area (Å²) in [6.07, 6.45) is 4.01. The smallest absolute Gasteiger partial charge is 0.345 e. The van der Waals surface area contributed by atoms with Crippen LogP contribution in [0.15, 0.2) is 58.9 Å². The Hall–Kier alpha value is -3.93. The summed E-state index contributed by atoms with van der Waals surface area (Å²) >= 11 is 7.42. The molecule has 0 amide bonds. The van der Waals surface area contributed by atoms with Crippen LogP contribution in [0.25, 0.3) is 22.4 Å². The standard InChI is InChI=1S/C25H19ClN6O4S/c1-13-18(16-7-21(24(33)34)37-11-16)9-22(28-13)25(35)5-4-14-6-15(10-32(36)23(14)25)19-8-17(26)2-3-20(19)31-12-27-29-30-31/h2-3,6-8,10-12,35H,4-5,9H2,1H3,(H,33,34). The van der Waals surface area contributed by atoms with Crippen molar-refractivity contribution in [3.05, 3.63) is 85.9 Å². The molecular formula is C25H19ClN6O4S. The molecule has 2 N–H and O–H groups in total. The van der Waals surface area contributed by atoms with Crippen molar-refractivity contribution in [1.82, 2.24) is 20.2 Å². The highest BCUT2D eigenvalue weighted by Crippen LogP contribution is 2.44. The van der Waals surface area contributed by atoms with Crippen molar-refractivity contribution < 1.29 is 19.7 Å². The minimum atomic E-state index is -1.53. The van der Waals surface area contributed by atoms with Gasteiger partial charge in [0, 0.05) is 33.8 Å². The molecule has 0 fully saturated rings. The van der Waals surface area contributed by atoms with Gasteiger partial charge in [0.05, 0.1) is 11.4 Å². The molecule has 1 aliphatic carbocycles. The number of carboxylic acids is 1. The first-order valence-electron chi connectivity index (χ1n) is 11.4. The van der Waals surface area contributed by atoms with E-state index in [0.717, 1.165) is 28.0 Å². The van der Waals surface area contributed by atoms with Crippen molar-refractivity contribution >= 4 is 40.2 Å². The molecule has 10 nitrogen and oxygen atoms in total. The van der Waals surface area contributed by atoms with Crippen LogP contribution in [0.1, 0.15) is 46.3 Å². The Labute approximate surface area is 219 Å². The predicted octanol–water partition coefficient (Wildman–Crippen LogP) is 3.79. The number of allylic oxidation sites excluding steroid dienone is 2. The number of pyridine rings is 1. The molecule has 2 aliphatic rings. The monoisotopic (exact) mass is 534 g/mol. The maximum absolute atomic E-state index is 13.4. The average Bonchev–Trinajstić information content (AvgIpc) is 3.66. The quantitative estimate of drug-likeness (QED) is 0.293. The maximum atomic E-state index is 13.4. The van der Waals surface area contributed by atoms with Crippen LogP contribution in [0.5, 0.6) is 0 Å².